The normalized spacial score (nSPS) is 25.1. The predicted octanol–water partition coefficient (Wildman–Crippen LogP) is 0.502. The van der Waals surface area contributed by atoms with Crippen molar-refractivity contribution in [1.29, 1.82) is 0 Å². The van der Waals surface area contributed by atoms with Crippen LogP contribution in [0.15, 0.2) is 24.2 Å². The lowest BCUT2D eigenvalue weighted by Crippen LogP contribution is -2.38. The molecule has 3 heteroatoms. The van der Waals surface area contributed by atoms with Gasteiger partial charge in [-0.15, -0.1) is 0 Å². The van der Waals surface area contributed by atoms with Crippen LogP contribution in [0.2, 0.25) is 0 Å². The summed E-state index contributed by atoms with van der Waals surface area (Å²) < 4.78 is 12.3. The van der Waals surface area contributed by atoms with E-state index >= 15 is 0 Å². The Kier molecular flexibility index (Phi) is 1.85. The second-order valence-corrected chi connectivity index (χ2v) is 1.81. The Hall–Kier alpha value is -0.830. The molecule has 1 unspecified atom stereocenters. The molecule has 0 bridgehead atoms. The molecule has 0 spiro atoms. The highest BCUT2D eigenvalue weighted by atomic mass is 19.1. The third kappa shape index (κ3) is 1.54. The van der Waals surface area contributed by atoms with Crippen molar-refractivity contribution in [2.75, 3.05) is 7.05 Å². The zero-order valence-electron chi connectivity index (χ0n) is 5.19. The van der Waals surface area contributed by atoms with Gasteiger partial charge in [-0.25, -0.2) is 0 Å². The summed E-state index contributed by atoms with van der Waals surface area (Å²) in [6.07, 6.45) is 4.83. The Morgan fingerprint density at radius 2 is 2.56 bits per heavy atom. The van der Waals surface area contributed by atoms with E-state index in [1.165, 1.54) is 6.08 Å². The zero-order chi connectivity index (χ0) is 6.69. The smallest absolute Gasteiger partial charge is 0.188 e. The minimum atomic E-state index is -0.295. The predicted molar refractivity (Wildman–Crippen MR) is 34.3 cm³/mol. The summed E-state index contributed by atoms with van der Waals surface area (Å²) in [4.78, 5) is 0. The Bertz CT molecular complexity index is 151. The van der Waals surface area contributed by atoms with Gasteiger partial charge >= 0.3 is 0 Å². The fourth-order valence-corrected chi connectivity index (χ4v) is 0.664. The number of rotatable bonds is 1. The maximum absolute atomic E-state index is 12.3. The van der Waals surface area contributed by atoms with Crippen LogP contribution in [0.25, 0.3) is 0 Å². The molecule has 0 amide bonds. The molecule has 1 aliphatic heterocycles. The van der Waals surface area contributed by atoms with Crippen LogP contribution in [0, 0.1) is 0 Å². The molecule has 50 valence electrons. The molecular formula is C6H9FN2. The number of likely N-dealkylation sites (N-methyl/N-ethyl adjacent to an activating group) is 1. The van der Waals surface area contributed by atoms with Crippen molar-refractivity contribution in [3.63, 3.8) is 0 Å². The first-order chi connectivity index (χ1) is 4.33. The zero-order valence-corrected chi connectivity index (χ0v) is 5.19. The Morgan fingerprint density at radius 1 is 1.78 bits per heavy atom. The lowest BCUT2D eigenvalue weighted by Gasteiger charge is -2.15. The molecule has 0 aromatic heterocycles. The van der Waals surface area contributed by atoms with Crippen molar-refractivity contribution in [3.05, 3.63) is 24.2 Å². The van der Waals surface area contributed by atoms with Crippen molar-refractivity contribution in [3.8, 4) is 0 Å². The molecule has 9 heavy (non-hydrogen) atoms. The van der Waals surface area contributed by atoms with Crippen LogP contribution in [-0.2, 0) is 0 Å². The lowest BCUT2D eigenvalue weighted by molar-refractivity contribution is 0.472. The van der Waals surface area contributed by atoms with Crippen LogP contribution in [0.1, 0.15) is 0 Å². The van der Waals surface area contributed by atoms with E-state index in [-0.39, 0.29) is 12.1 Å². The summed E-state index contributed by atoms with van der Waals surface area (Å²) in [6, 6.07) is 0. The number of nitrogens with one attached hydrogen (secondary N) is 2. The Labute approximate surface area is 53.4 Å². The van der Waals surface area contributed by atoms with Crippen LogP contribution in [0.5, 0.6) is 0 Å². The molecular weight excluding hydrogens is 119 g/mol. The number of halogens is 1. The molecule has 0 aromatic rings. The SMILES string of the molecule is CNC1C=CC=C(F)N1. The van der Waals surface area contributed by atoms with Gasteiger partial charge in [0.05, 0.1) is 6.17 Å². The van der Waals surface area contributed by atoms with E-state index in [1.807, 2.05) is 6.08 Å². The summed E-state index contributed by atoms with van der Waals surface area (Å²) in [5.41, 5.74) is 0. The van der Waals surface area contributed by atoms with Crippen molar-refractivity contribution in [2.45, 2.75) is 6.17 Å². The Morgan fingerprint density at radius 3 is 3.00 bits per heavy atom. The van der Waals surface area contributed by atoms with Crippen molar-refractivity contribution < 1.29 is 4.39 Å². The van der Waals surface area contributed by atoms with E-state index in [0.717, 1.165) is 0 Å². The van der Waals surface area contributed by atoms with E-state index in [0.29, 0.717) is 0 Å². The molecule has 2 nitrogen and oxygen atoms in total. The average molecular weight is 128 g/mol. The molecule has 0 saturated carbocycles. The van der Waals surface area contributed by atoms with Gasteiger partial charge in [-0.05, 0) is 19.2 Å². The largest absolute Gasteiger partial charge is 0.343 e. The van der Waals surface area contributed by atoms with E-state index in [9.17, 15) is 4.39 Å². The van der Waals surface area contributed by atoms with Crippen LogP contribution in [0.3, 0.4) is 0 Å². The average Bonchev–Trinajstić information content (AvgIpc) is 1.88. The molecule has 1 atom stereocenters. The van der Waals surface area contributed by atoms with Crippen LogP contribution >= 0.6 is 0 Å². The highest BCUT2D eigenvalue weighted by molar-refractivity contribution is 5.14. The third-order valence-electron chi connectivity index (χ3n) is 1.15. The lowest BCUT2D eigenvalue weighted by atomic mass is 10.3. The molecule has 1 heterocycles. The minimum Gasteiger partial charge on any atom is -0.343 e. The fourth-order valence-electron chi connectivity index (χ4n) is 0.664. The van der Waals surface area contributed by atoms with Gasteiger partial charge < -0.3 is 5.32 Å². The van der Waals surface area contributed by atoms with Gasteiger partial charge in [-0.2, -0.15) is 4.39 Å². The van der Waals surface area contributed by atoms with Crippen LogP contribution in [0.4, 0.5) is 4.39 Å². The summed E-state index contributed by atoms with van der Waals surface area (Å²) >= 11 is 0. The van der Waals surface area contributed by atoms with E-state index in [1.54, 1.807) is 13.1 Å². The molecule has 0 saturated heterocycles. The number of hydrogen-bond acceptors (Lipinski definition) is 2. The quantitative estimate of drug-likeness (QED) is 0.502. The highest BCUT2D eigenvalue weighted by Gasteiger charge is 2.04. The van der Waals surface area contributed by atoms with E-state index in [4.69, 9.17) is 0 Å². The Balaban J connectivity index is 2.51. The van der Waals surface area contributed by atoms with Gasteiger partial charge in [0.2, 0.25) is 0 Å². The molecule has 0 radical (unpaired) electrons. The van der Waals surface area contributed by atoms with Gasteiger partial charge in [-0.1, -0.05) is 6.08 Å². The monoisotopic (exact) mass is 128 g/mol. The third-order valence-corrected chi connectivity index (χ3v) is 1.15. The van der Waals surface area contributed by atoms with Gasteiger partial charge in [0.25, 0.3) is 0 Å². The molecule has 0 aromatic carbocycles. The maximum Gasteiger partial charge on any atom is 0.188 e. The highest BCUT2D eigenvalue weighted by Crippen LogP contribution is 1.99. The fraction of sp³-hybridized carbons (Fsp3) is 0.333. The van der Waals surface area contributed by atoms with Gasteiger partial charge in [-0.3, -0.25) is 5.32 Å². The van der Waals surface area contributed by atoms with E-state index in [2.05, 4.69) is 10.6 Å². The summed E-state index contributed by atoms with van der Waals surface area (Å²) in [5, 5.41) is 5.42. The van der Waals surface area contributed by atoms with Gasteiger partial charge in [0, 0.05) is 0 Å². The summed E-state index contributed by atoms with van der Waals surface area (Å²) in [6.45, 7) is 0. The topological polar surface area (TPSA) is 24.1 Å². The first-order valence-electron chi connectivity index (χ1n) is 2.81. The van der Waals surface area contributed by atoms with Crippen molar-refractivity contribution in [2.24, 2.45) is 0 Å². The van der Waals surface area contributed by atoms with Crippen molar-refractivity contribution >= 4 is 0 Å². The summed E-state index contributed by atoms with van der Waals surface area (Å²) in [5.74, 6) is -0.295. The van der Waals surface area contributed by atoms with Crippen LogP contribution in [-0.4, -0.2) is 13.2 Å². The van der Waals surface area contributed by atoms with Crippen molar-refractivity contribution in [1.82, 2.24) is 10.6 Å². The maximum atomic E-state index is 12.3. The second-order valence-electron chi connectivity index (χ2n) is 1.81. The molecule has 1 rings (SSSR count). The molecule has 0 aliphatic carbocycles. The van der Waals surface area contributed by atoms with E-state index < -0.39 is 0 Å². The molecule has 2 N–H and O–H groups in total. The number of hydrogen-bond donors (Lipinski definition) is 2. The number of allylic oxidation sites excluding steroid dienone is 2. The second kappa shape index (κ2) is 2.64. The molecule has 0 fully saturated rings. The standard InChI is InChI=1S/C6H9FN2/c1-8-6-4-2-3-5(7)9-6/h2-4,6,8-9H,1H3. The summed E-state index contributed by atoms with van der Waals surface area (Å²) in [7, 11) is 1.76. The van der Waals surface area contributed by atoms with Crippen LogP contribution < -0.4 is 10.6 Å². The van der Waals surface area contributed by atoms with Gasteiger partial charge in [0.1, 0.15) is 0 Å². The first kappa shape index (κ1) is 6.29. The minimum absolute atomic E-state index is 0.0602. The molecule has 1 aliphatic rings. The number of dihydropyridines is 1. The first-order valence-corrected chi connectivity index (χ1v) is 2.81. The van der Waals surface area contributed by atoms with Gasteiger partial charge in [0.15, 0.2) is 5.95 Å².